The van der Waals surface area contributed by atoms with Gasteiger partial charge < -0.3 is 10.0 Å². The molecule has 0 aromatic heterocycles. The van der Waals surface area contributed by atoms with Gasteiger partial charge in [-0.2, -0.15) is 0 Å². The second-order valence-electron chi connectivity index (χ2n) is 6.34. The van der Waals surface area contributed by atoms with Crippen molar-refractivity contribution in [3.8, 4) is 12.3 Å². The number of carbonyl (C=O) groups excluding carboxylic acids is 1. The molecule has 3 atom stereocenters. The minimum absolute atomic E-state index is 0.0118. The van der Waals surface area contributed by atoms with Crippen LogP contribution in [0.4, 0.5) is 0 Å². The third kappa shape index (κ3) is 2.77. The predicted molar refractivity (Wildman–Crippen MR) is 76.0 cm³/mol. The van der Waals surface area contributed by atoms with Crippen molar-refractivity contribution in [1.82, 2.24) is 4.90 Å². The van der Waals surface area contributed by atoms with Crippen LogP contribution in [0.25, 0.3) is 0 Å². The lowest BCUT2D eigenvalue weighted by molar-refractivity contribution is -0.142. The molecule has 1 unspecified atom stereocenters. The number of sulfone groups is 1. The molecule has 0 radical (unpaired) electrons. The van der Waals surface area contributed by atoms with Gasteiger partial charge in [0.05, 0.1) is 29.9 Å². The third-order valence-electron chi connectivity index (χ3n) is 4.55. The fourth-order valence-corrected chi connectivity index (χ4v) is 4.98. The topological polar surface area (TPSA) is 91.8 Å². The number of aliphatic carboxylic acids is 1. The maximum absolute atomic E-state index is 12.6. The van der Waals surface area contributed by atoms with E-state index >= 15 is 0 Å². The van der Waals surface area contributed by atoms with E-state index in [1.54, 1.807) is 13.8 Å². The van der Waals surface area contributed by atoms with Gasteiger partial charge in [-0.05, 0) is 11.8 Å². The summed E-state index contributed by atoms with van der Waals surface area (Å²) in [6.07, 6.45) is 5.64. The molecule has 1 aliphatic heterocycles. The van der Waals surface area contributed by atoms with Crippen molar-refractivity contribution in [1.29, 1.82) is 0 Å². The number of hydrogen-bond acceptors (Lipinski definition) is 4. The van der Waals surface area contributed by atoms with Crippen LogP contribution in [-0.4, -0.2) is 54.4 Å². The Hall–Kier alpha value is -1.55. The molecule has 0 aromatic rings. The van der Waals surface area contributed by atoms with Crippen molar-refractivity contribution in [3.63, 3.8) is 0 Å². The van der Waals surface area contributed by atoms with Crippen LogP contribution in [0.5, 0.6) is 0 Å². The molecule has 116 valence electrons. The smallest absolute Gasteiger partial charge is 0.307 e. The van der Waals surface area contributed by atoms with E-state index in [2.05, 4.69) is 5.92 Å². The second-order valence-corrected chi connectivity index (χ2v) is 8.57. The number of rotatable bonds is 4. The Kier molecular flexibility index (Phi) is 3.79. The minimum atomic E-state index is -3.14. The zero-order valence-corrected chi connectivity index (χ0v) is 12.9. The highest BCUT2D eigenvalue weighted by atomic mass is 32.2. The Bertz CT molecular complexity index is 616. The highest BCUT2D eigenvalue weighted by molar-refractivity contribution is 7.91. The zero-order valence-electron chi connectivity index (χ0n) is 12.1. The Morgan fingerprint density at radius 3 is 2.38 bits per heavy atom. The molecule has 1 heterocycles. The molecule has 1 aliphatic carbocycles. The van der Waals surface area contributed by atoms with Crippen LogP contribution in [0.1, 0.15) is 20.3 Å². The zero-order chi connectivity index (χ0) is 16.0. The Morgan fingerprint density at radius 1 is 1.38 bits per heavy atom. The summed E-state index contributed by atoms with van der Waals surface area (Å²) < 4.78 is 23.1. The molecule has 7 heteroatoms. The number of amides is 1. The third-order valence-corrected chi connectivity index (χ3v) is 6.30. The molecular weight excluding hydrogens is 294 g/mol. The summed E-state index contributed by atoms with van der Waals surface area (Å²) in [5, 5.41) is 9.16. The first-order chi connectivity index (χ1) is 9.62. The quantitative estimate of drug-likeness (QED) is 0.737. The molecule has 1 N–H and O–H groups in total. The van der Waals surface area contributed by atoms with Gasteiger partial charge >= 0.3 is 5.97 Å². The Labute approximate surface area is 124 Å². The highest BCUT2D eigenvalue weighted by Gasteiger charge is 2.67. The van der Waals surface area contributed by atoms with Crippen LogP contribution in [0.2, 0.25) is 0 Å². The average molecular weight is 313 g/mol. The van der Waals surface area contributed by atoms with Crippen LogP contribution < -0.4 is 0 Å². The summed E-state index contributed by atoms with van der Waals surface area (Å²) in [4.78, 5) is 25.2. The van der Waals surface area contributed by atoms with E-state index in [9.17, 15) is 18.0 Å². The molecule has 2 rings (SSSR count). The standard InChI is InChI=1S/C14H19NO5S/c1-4-6-15(9-5-7-21(19,20)8-9)12(16)10-11(13(17)18)14(10,2)3/h1,9-11H,5-8H2,2-3H3,(H,17,18)/t9?,10-,11+/m1/s1. The van der Waals surface area contributed by atoms with E-state index in [1.807, 2.05) is 0 Å². The Balaban J connectivity index is 2.19. The normalized spacial score (nSPS) is 32.1. The van der Waals surface area contributed by atoms with Crippen molar-refractivity contribution >= 4 is 21.7 Å². The van der Waals surface area contributed by atoms with Gasteiger partial charge in [-0.25, -0.2) is 8.42 Å². The molecule has 0 bridgehead atoms. The summed E-state index contributed by atoms with van der Waals surface area (Å²) in [6.45, 7) is 3.47. The molecule has 6 nitrogen and oxygen atoms in total. The molecule has 2 fully saturated rings. The van der Waals surface area contributed by atoms with E-state index in [1.165, 1.54) is 4.90 Å². The van der Waals surface area contributed by atoms with Crippen LogP contribution in [-0.2, 0) is 19.4 Å². The molecule has 1 saturated carbocycles. The van der Waals surface area contributed by atoms with Crippen LogP contribution in [0.3, 0.4) is 0 Å². The largest absolute Gasteiger partial charge is 0.481 e. The van der Waals surface area contributed by atoms with E-state index in [0.29, 0.717) is 6.42 Å². The molecule has 0 spiro atoms. The van der Waals surface area contributed by atoms with E-state index in [4.69, 9.17) is 11.5 Å². The van der Waals surface area contributed by atoms with E-state index in [0.717, 1.165) is 0 Å². The molecule has 1 saturated heterocycles. The van der Waals surface area contributed by atoms with E-state index < -0.39 is 39.1 Å². The maximum Gasteiger partial charge on any atom is 0.307 e. The van der Waals surface area contributed by atoms with Gasteiger partial charge in [0.15, 0.2) is 9.84 Å². The SMILES string of the molecule is C#CCN(C(=O)[C@H]1[C@@H](C(=O)O)C1(C)C)C1CCS(=O)(=O)C1. The highest BCUT2D eigenvalue weighted by Crippen LogP contribution is 2.59. The monoisotopic (exact) mass is 313 g/mol. The van der Waals surface area contributed by atoms with Gasteiger partial charge in [0.25, 0.3) is 0 Å². The fraction of sp³-hybridized carbons (Fsp3) is 0.714. The summed E-state index contributed by atoms with van der Waals surface area (Å²) in [5.74, 6) is -0.386. The van der Waals surface area contributed by atoms with Gasteiger partial charge in [-0.15, -0.1) is 6.42 Å². The number of carbonyl (C=O) groups is 2. The number of carboxylic acids is 1. The molecule has 1 amide bonds. The number of terminal acetylenes is 1. The van der Waals surface area contributed by atoms with Crippen molar-refractivity contribution < 1.29 is 23.1 Å². The van der Waals surface area contributed by atoms with Gasteiger partial charge in [-0.3, -0.25) is 9.59 Å². The van der Waals surface area contributed by atoms with Crippen LogP contribution in [0.15, 0.2) is 0 Å². The van der Waals surface area contributed by atoms with Crippen molar-refractivity contribution in [2.75, 3.05) is 18.1 Å². The lowest BCUT2D eigenvalue weighted by Crippen LogP contribution is -2.43. The summed E-state index contributed by atoms with van der Waals surface area (Å²) in [6, 6.07) is -0.440. The summed E-state index contributed by atoms with van der Waals surface area (Å²) in [7, 11) is -3.14. The second kappa shape index (κ2) is 5.02. The Morgan fingerprint density at radius 2 is 2.00 bits per heavy atom. The number of hydrogen-bond donors (Lipinski definition) is 1. The van der Waals surface area contributed by atoms with Crippen molar-refractivity contribution in [3.05, 3.63) is 0 Å². The van der Waals surface area contributed by atoms with Gasteiger partial charge in [0.2, 0.25) is 5.91 Å². The van der Waals surface area contributed by atoms with E-state index in [-0.39, 0.29) is 24.0 Å². The molecule has 2 aliphatic rings. The lowest BCUT2D eigenvalue weighted by Gasteiger charge is -2.27. The minimum Gasteiger partial charge on any atom is -0.481 e. The van der Waals surface area contributed by atoms with Gasteiger partial charge in [-0.1, -0.05) is 19.8 Å². The summed E-state index contributed by atoms with van der Waals surface area (Å²) in [5.41, 5.74) is -0.618. The molecule has 21 heavy (non-hydrogen) atoms. The predicted octanol–water partition coefficient (Wildman–Crippen LogP) is -0.00790. The first kappa shape index (κ1) is 15.8. The molecule has 0 aromatic carbocycles. The number of nitrogens with zero attached hydrogens (tertiary/aromatic N) is 1. The molecular formula is C14H19NO5S. The first-order valence-electron chi connectivity index (χ1n) is 6.79. The average Bonchev–Trinajstić information content (AvgIpc) is 2.75. The fourth-order valence-electron chi connectivity index (χ4n) is 3.24. The first-order valence-corrected chi connectivity index (χ1v) is 8.61. The van der Waals surface area contributed by atoms with Gasteiger partial charge in [0, 0.05) is 6.04 Å². The van der Waals surface area contributed by atoms with Gasteiger partial charge in [0.1, 0.15) is 0 Å². The van der Waals surface area contributed by atoms with Crippen molar-refractivity contribution in [2.24, 2.45) is 17.3 Å². The van der Waals surface area contributed by atoms with Crippen molar-refractivity contribution in [2.45, 2.75) is 26.3 Å². The van der Waals surface area contributed by atoms with Crippen LogP contribution >= 0.6 is 0 Å². The van der Waals surface area contributed by atoms with Crippen LogP contribution in [0, 0.1) is 29.6 Å². The maximum atomic E-state index is 12.6. The lowest BCUT2D eigenvalue weighted by atomic mass is 10.1. The summed E-state index contributed by atoms with van der Waals surface area (Å²) >= 11 is 0. The number of carboxylic acid groups (broad SMARTS) is 1.